The molecule has 2 aromatic rings. The third-order valence-corrected chi connectivity index (χ3v) is 5.72. The Morgan fingerprint density at radius 1 is 0.567 bits per heavy atom. The van der Waals surface area contributed by atoms with Gasteiger partial charge in [0.2, 0.25) is 0 Å². The minimum absolute atomic E-state index is 0. The van der Waals surface area contributed by atoms with E-state index in [-0.39, 0.29) is 24.0 Å². The number of hydrogen-bond acceptors (Lipinski definition) is 1. The van der Waals surface area contributed by atoms with Crippen LogP contribution in [-0.4, -0.2) is 0 Å². The highest BCUT2D eigenvalue weighted by atomic mass is 127. The SMILES string of the molecule is CCCCCCCCCCCCCCCC[n+]1ccc(Nc2ccccc2)cc1.[I-]. The summed E-state index contributed by atoms with van der Waals surface area (Å²) in [4.78, 5) is 0. The van der Waals surface area contributed by atoms with E-state index in [0.717, 1.165) is 17.9 Å². The van der Waals surface area contributed by atoms with E-state index in [9.17, 15) is 0 Å². The van der Waals surface area contributed by atoms with Crippen LogP contribution in [0.4, 0.5) is 11.4 Å². The van der Waals surface area contributed by atoms with E-state index in [1.165, 1.54) is 89.9 Å². The van der Waals surface area contributed by atoms with Crippen LogP contribution >= 0.6 is 0 Å². The number of para-hydroxylation sites is 1. The number of hydrogen-bond donors (Lipinski definition) is 1. The lowest BCUT2D eigenvalue weighted by atomic mass is 10.0. The highest BCUT2D eigenvalue weighted by molar-refractivity contribution is 5.58. The molecule has 1 heterocycles. The third-order valence-electron chi connectivity index (χ3n) is 5.72. The average Bonchev–Trinajstić information content (AvgIpc) is 2.76. The van der Waals surface area contributed by atoms with Gasteiger partial charge in [-0.2, -0.15) is 0 Å². The summed E-state index contributed by atoms with van der Waals surface area (Å²) in [6.45, 7) is 3.42. The molecule has 2 rings (SSSR count). The first-order valence-electron chi connectivity index (χ1n) is 12.2. The molecule has 0 atom stereocenters. The molecule has 3 heteroatoms. The van der Waals surface area contributed by atoms with Crippen LogP contribution in [0, 0.1) is 0 Å². The summed E-state index contributed by atoms with van der Waals surface area (Å²) in [5.41, 5.74) is 2.28. The molecule has 0 radical (unpaired) electrons. The van der Waals surface area contributed by atoms with Crippen LogP contribution in [0.5, 0.6) is 0 Å². The molecule has 2 nitrogen and oxygen atoms in total. The van der Waals surface area contributed by atoms with E-state index >= 15 is 0 Å². The van der Waals surface area contributed by atoms with Gasteiger partial charge in [-0.15, -0.1) is 0 Å². The fourth-order valence-electron chi connectivity index (χ4n) is 3.87. The number of aromatic nitrogens is 1. The van der Waals surface area contributed by atoms with Gasteiger partial charge in [-0.25, -0.2) is 4.57 Å². The van der Waals surface area contributed by atoms with Crippen molar-refractivity contribution in [2.45, 2.75) is 103 Å². The van der Waals surface area contributed by atoms with Crippen molar-refractivity contribution in [2.75, 3.05) is 5.32 Å². The number of nitrogens with zero attached hydrogens (tertiary/aromatic N) is 1. The van der Waals surface area contributed by atoms with Gasteiger partial charge in [-0.1, -0.05) is 102 Å². The smallest absolute Gasteiger partial charge is 0.170 e. The first-order chi connectivity index (χ1) is 14.4. The van der Waals surface area contributed by atoms with Crippen molar-refractivity contribution in [3.05, 3.63) is 54.9 Å². The van der Waals surface area contributed by atoms with Gasteiger partial charge in [-0.3, -0.25) is 0 Å². The highest BCUT2D eigenvalue weighted by Gasteiger charge is 2.01. The van der Waals surface area contributed by atoms with Crippen LogP contribution in [0.25, 0.3) is 0 Å². The van der Waals surface area contributed by atoms with Crippen molar-refractivity contribution in [1.82, 2.24) is 0 Å². The molecule has 168 valence electrons. The molecule has 0 bridgehead atoms. The fraction of sp³-hybridized carbons (Fsp3) is 0.593. The molecule has 1 aromatic heterocycles. The van der Waals surface area contributed by atoms with E-state index in [4.69, 9.17) is 0 Å². The molecule has 0 unspecified atom stereocenters. The summed E-state index contributed by atoms with van der Waals surface area (Å²) in [6.07, 6.45) is 24.2. The van der Waals surface area contributed by atoms with E-state index in [2.05, 4.69) is 65.6 Å². The van der Waals surface area contributed by atoms with Crippen molar-refractivity contribution in [3.8, 4) is 0 Å². The maximum atomic E-state index is 3.44. The van der Waals surface area contributed by atoms with Gasteiger partial charge in [-0.05, 0) is 18.6 Å². The maximum Gasteiger partial charge on any atom is 0.170 e. The summed E-state index contributed by atoms with van der Waals surface area (Å²) < 4.78 is 2.30. The molecule has 0 fully saturated rings. The number of aryl methyl sites for hydroxylation is 1. The predicted molar refractivity (Wildman–Crippen MR) is 127 cm³/mol. The van der Waals surface area contributed by atoms with Gasteiger partial charge in [0.05, 0.1) is 5.69 Å². The number of benzene rings is 1. The van der Waals surface area contributed by atoms with Gasteiger partial charge >= 0.3 is 0 Å². The maximum absolute atomic E-state index is 3.44. The van der Waals surface area contributed by atoms with Gasteiger partial charge in [0.25, 0.3) is 0 Å². The van der Waals surface area contributed by atoms with E-state index in [1.54, 1.807) is 0 Å². The first-order valence-corrected chi connectivity index (χ1v) is 12.2. The van der Waals surface area contributed by atoms with Gasteiger partial charge in [0, 0.05) is 24.2 Å². The van der Waals surface area contributed by atoms with Gasteiger partial charge in [0.15, 0.2) is 12.4 Å². The molecular formula is C27H43IN2. The largest absolute Gasteiger partial charge is 1.00 e. The number of unbranched alkanes of at least 4 members (excludes halogenated alkanes) is 13. The van der Waals surface area contributed by atoms with Crippen LogP contribution in [0.3, 0.4) is 0 Å². The second-order valence-corrected chi connectivity index (χ2v) is 8.41. The Bertz CT molecular complexity index is 613. The minimum Gasteiger partial charge on any atom is -1.00 e. The average molecular weight is 523 g/mol. The van der Waals surface area contributed by atoms with Crippen molar-refractivity contribution < 1.29 is 28.5 Å². The monoisotopic (exact) mass is 522 g/mol. The molecule has 30 heavy (non-hydrogen) atoms. The van der Waals surface area contributed by atoms with Crippen LogP contribution in [-0.2, 0) is 6.54 Å². The Labute approximate surface area is 202 Å². The number of halogens is 1. The third kappa shape index (κ3) is 13.3. The number of pyridine rings is 1. The molecule has 0 spiro atoms. The predicted octanol–water partition coefficient (Wildman–Crippen LogP) is 5.20. The number of nitrogens with one attached hydrogen (secondary N) is 1. The summed E-state index contributed by atoms with van der Waals surface area (Å²) >= 11 is 0. The van der Waals surface area contributed by atoms with Crippen LogP contribution in [0.1, 0.15) is 96.8 Å². The standard InChI is InChI=1S/C27H42N2.HI/c1-2-3-4-5-6-7-8-9-10-11-12-13-14-18-23-29-24-21-27(22-25-29)28-26-19-16-15-17-20-26;/h15-17,19-22,24-25H,2-14,18,23H2,1H3;1H. The van der Waals surface area contributed by atoms with Crippen LogP contribution in [0.15, 0.2) is 54.9 Å². The van der Waals surface area contributed by atoms with Gasteiger partial charge < -0.3 is 29.3 Å². The Morgan fingerprint density at radius 2 is 1.00 bits per heavy atom. The first kappa shape index (κ1) is 26.9. The molecular weight excluding hydrogens is 479 g/mol. The Hall–Kier alpha value is -1.10. The molecule has 0 saturated heterocycles. The van der Waals surface area contributed by atoms with E-state index in [1.807, 2.05) is 6.07 Å². The second kappa shape index (κ2) is 18.7. The van der Waals surface area contributed by atoms with Crippen LogP contribution in [0.2, 0.25) is 0 Å². The van der Waals surface area contributed by atoms with Gasteiger partial charge in [0.1, 0.15) is 6.54 Å². The quantitative estimate of drug-likeness (QED) is 0.172. The van der Waals surface area contributed by atoms with Crippen molar-refractivity contribution in [1.29, 1.82) is 0 Å². The summed E-state index contributed by atoms with van der Waals surface area (Å²) in [6, 6.07) is 14.7. The lowest BCUT2D eigenvalue weighted by Gasteiger charge is -2.05. The van der Waals surface area contributed by atoms with Crippen LogP contribution < -0.4 is 33.9 Å². The van der Waals surface area contributed by atoms with Crippen molar-refractivity contribution in [2.24, 2.45) is 0 Å². The molecule has 0 aliphatic rings. The summed E-state index contributed by atoms with van der Waals surface area (Å²) in [5, 5.41) is 3.44. The normalized spacial score (nSPS) is 10.6. The Kier molecular flexibility index (Phi) is 16.7. The molecule has 1 aromatic carbocycles. The Morgan fingerprint density at radius 3 is 1.50 bits per heavy atom. The lowest BCUT2D eigenvalue weighted by Crippen LogP contribution is -3.00. The Balaban J connectivity index is 0.00000450. The zero-order chi connectivity index (χ0) is 20.4. The minimum atomic E-state index is 0. The molecule has 1 N–H and O–H groups in total. The summed E-state index contributed by atoms with van der Waals surface area (Å²) in [7, 11) is 0. The summed E-state index contributed by atoms with van der Waals surface area (Å²) in [5.74, 6) is 0. The van der Waals surface area contributed by atoms with Crippen molar-refractivity contribution in [3.63, 3.8) is 0 Å². The molecule has 0 aliphatic carbocycles. The number of anilines is 2. The molecule has 0 amide bonds. The highest BCUT2D eigenvalue weighted by Crippen LogP contribution is 2.15. The van der Waals surface area contributed by atoms with E-state index < -0.39 is 0 Å². The molecule has 0 aliphatic heterocycles. The van der Waals surface area contributed by atoms with E-state index in [0.29, 0.717) is 0 Å². The molecule has 0 saturated carbocycles. The topological polar surface area (TPSA) is 15.9 Å². The zero-order valence-corrected chi connectivity index (χ0v) is 21.3. The number of rotatable bonds is 17. The lowest BCUT2D eigenvalue weighted by molar-refractivity contribution is -0.697. The second-order valence-electron chi connectivity index (χ2n) is 8.41. The zero-order valence-electron chi connectivity index (χ0n) is 19.1. The van der Waals surface area contributed by atoms with Crippen molar-refractivity contribution >= 4 is 11.4 Å². The fourth-order valence-corrected chi connectivity index (χ4v) is 3.87.